The molecule has 4 aliphatic carbocycles. The zero-order valence-electron chi connectivity index (χ0n) is 16.6. The van der Waals surface area contributed by atoms with Gasteiger partial charge in [0.25, 0.3) is 0 Å². The molecule has 8 atom stereocenters. The van der Waals surface area contributed by atoms with Gasteiger partial charge in [-0.2, -0.15) is 0 Å². The molecule has 4 rings (SSSR count). The maximum atomic E-state index is 11.5. The van der Waals surface area contributed by atoms with Crippen molar-refractivity contribution in [3.05, 3.63) is 12.2 Å². The van der Waals surface area contributed by atoms with Gasteiger partial charge in [0, 0.05) is 12.8 Å². The molecule has 0 amide bonds. The molecular weight excluding hydrogens is 308 g/mol. The second kappa shape index (κ2) is 6.13. The van der Waals surface area contributed by atoms with Crippen LogP contribution < -0.4 is 0 Å². The molecule has 0 spiro atoms. The van der Waals surface area contributed by atoms with E-state index in [-0.39, 0.29) is 12.1 Å². The third-order valence-corrected chi connectivity index (χ3v) is 9.20. The van der Waals surface area contributed by atoms with Gasteiger partial charge in [-0.3, -0.25) is 4.79 Å². The van der Waals surface area contributed by atoms with E-state index < -0.39 is 0 Å². The van der Waals surface area contributed by atoms with E-state index in [2.05, 4.69) is 32.9 Å². The Hall–Kier alpha value is -0.790. The van der Waals surface area contributed by atoms with Crippen LogP contribution >= 0.6 is 0 Å². The van der Waals surface area contributed by atoms with Gasteiger partial charge in [-0.25, -0.2) is 0 Å². The van der Waals surface area contributed by atoms with Gasteiger partial charge in [0.15, 0.2) is 0 Å². The number of esters is 1. The number of hydrogen-bond donors (Lipinski definition) is 0. The van der Waals surface area contributed by atoms with Crippen molar-refractivity contribution in [3.8, 4) is 0 Å². The minimum atomic E-state index is -0.116. The third-order valence-electron chi connectivity index (χ3n) is 9.20. The van der Waals surface area contributed by atoms with Crippen molar-refractivity contribution in [3.63, 3.8) is 0 Å². The quantitative estimate of drug-likeness (QED) is 0.470. The number of rotatable bonds is 2. The summed E-state index contributed by atoms with van der Waals surface area (Å²) < 4.78 is 5.64. The molecule has 0 radical (unpaired) electrons. The summed E-state index contributed by atoms with van der Waals surface area (Å²) in [5, 5.41) is 0. The van der Waals surface area contributed by atoms with Crippen molar-refractivity contribution in [2.45, 2.75) is 85.2 Å². The second-order valence-corrected chi connectivity index (χ2v) is 10.1. The van der Waals surface area contributed by atoms with E-state index in [0.29, 0.717) is 16.7 Å². The Kier molecular flexibility index (Phi) is 4.32. The number of carbonyl (C=O) groups excluding carboxylic acids is 1. The first-order chi connectivity index (χ1) is 11.9. The number of hydrogen-bond acceptors (Lipinski definition) is 2. The summed E-state index contributed by atoms with van der Waals surface area (Å²) in [5.74, 6) is 4.02. The number of fused-ring (bicyclic) bond motifs is 5. The Bertz CT molecular complexity index is 566. The van der Waals surface area contributed by atoms with E-state index >= 15 is 0 Å². The minimum Gasteiger partial charge on any atom is -0.463 e. The highest BCUT2D eigenvalue weighted by Gasteiger charge is 2.60. The normalized spacial score (nSPS) is 49.7. The van der Waals surface area contributed by atoms with Gasteiger partial charge >= 0.3 is 5.97 Å². The van der Waals surface area contributed by atoms with E-state index in [1.165, 1.54) is 51.4 Å². The highest BCUT2D eigenvalue weighted by Crippen LogP contribution is 2.67. The topological polar surface area (TPSA) is 26.3 Å². The van der Waals surface area contributed by atoms with Crippen LogP contribution in [0.4, 0.5) is 0 Å². The van der Waals surface area contributed by atoms with E-state index in [9.17, 15) is 4.79 Å². The molecule has 25 heavy (non-hydrogen) atoms. The molecule has 0 saturated heterocycles. The maximum absolute atomic E-state index is 11.5. The van der Waals surface area contributed by atoms with Crippen molar-refractivity contribution in [1.82, 2.24) is 0 Å². The van der Waals surface area contributed by atoms with Crippen molar-refractivity contribution >= 4 is 5.97 Å². The van der Waals surface area contributed by atoms with Crippen LogP contribution in [0.1, 0.15) is 79.1 Å². The highest BCUT2D eigenvalue weighted by molar-refractivity contribution is 5.66. The maximum Gasteiger partial charge on any atom is 0.302 e. The Morgan fingerprint density at radius 2 is 1.80 bits per heavy atom. The molecule has 0 aromatic rings. The molecule has 0 N–H and O–H groups in total. The zero-order chi connectivity index (χ0) is 17.8. The SMILES string of the molecule is CC(=O)O[C@@H](C)[C@H]1CC[C@H]2[C@@H]3CC[C@H]4CC=CC[C@]4(C)[C@H]3CC[C@]12C. The molecule has 3 fully saturated rings. The summed E-state index contributed by atoms with van der Waals surface area (Å²) in [7, 11) is 0. The van der Waals surface area contributed by atoms with E-state index in [0.717, 1.165) is 23.7 Å². The Balaban J connectivity index is 1.57. The summed E-state index contributed by atoms with van der Waals surface area (Å²) in [4.78, 5) is 11.5. The average molecular weight is 345 g/mol. The Labute approximate surface area is 153 Å². The lowest BCUT2D eigenvalue weighted by atomic mass is 9.45. The molecule has 0 heterocycles. The molecule has 0 aromatic heterocycles. The summed E-state index contributed by atoms with van der Waals surface area (Å²) in [6.45, 7) is 8.83. The Morgan fingerprint density at radius 3 is 2.56 bits per heavy atom. The lowest BCUT2D eigenvalue weighted by Crippen LogP contribution is -2.53. The van der Waals surface area contributed by atoms with Crippen molar-refractivity contribution in [1.29, 1.82) is 0 Å². The molecule has 140 valence electrons. The van der Waals surface area contributed by atoms with Crippen LogP contribution in [-0.4, -0.2) is 12.1 Å². The van der Waals surface area contributed by atoms with Gasteiger partial charge in [0.05, 0.1) is 0 Å². The molecule has 2 nitrogen and oxygen atoms in total. The van der Waals surface area contributed by atoms with Crippen LogP contribution in [0.2, 0.25) is 0 Å². The first-order valence-corrected chi connectivity index (χ1v) is 10.7. The molecule has 0 aromatic carbocycles. The first-order valence-electron chi connectivity index (χ1n) is 10.7. The Morgan fingerprint density at radius 1 is 1.04 bits per heavy atom. The summed E-state index contributed by atoms with van der Waals surface area (Å²) in [6.07, 6.45) is 15.8. The lowest BCUT2D eigenvalue weighted by molar-refractivity contribution is -0.153. The predicted molar refractivity (Wildman–Crippen MR) is 101 cm³/mol. The van der Waals surface area contributed by atoms with Gasteiger partial charge < -0.3 is 4.74 Å². The molecule has 0 aliphatic heterocycles. The van der Waals surface area contributed by atoms with Crippen LogP contribution in [-0.2, 0) is 9.53 Å². The molecule has 0 bridgehead atoms. The predicted octanol–water partition coefficient (Wildman–Crippen LogP) is 5.76. The first kappa shape index (κ1) is 17.6. The van der Waals surface area contributed by atoms with Crippen molar-refractivity contribution in [2.75, 3.05) is 0 Å². The fraction of sp³-hybridized carbons (Fsp3) is 0.870. The monoisotopic (exact) mass is 344 g/mol. The summed E-state index contributed by atoms with van der Waals surface area (Å²) in [6, 6.07) is 0. The summed E-state index contributed by atoms with van der Waals surface area (Å²) >= 11 is 0. The van der Waals surface area contributed by atoms with Crippen LogP contribution in [0.3, 0.4) is 0 Å². The number of allylic oxidation sites excluding steroid dienone is 2. The van der Waals surface area contributed by atoms with E-state index in [1.807, 2.05) is 0 Å². The van der Waals surface area contributed by atoms with Gasteiger partial charge in [-0.15, -0.1) is 0 Å². The largest absolute Gasteiger partial charge is 0.463 e. The molecule has 0 unspecified atom stereocenters. The standard InChI is InChI=1S/C23H36O2/c1-15(25-16(2)24)19-10-11-20-18-9-8-17-7-5-6-13-22(17,3)21(18)12-14-23(19,20)4/h5-6,15,17-21H,7-14H2,1-4H3/t15-,17+,18-,19+,20-,21-,22-,23+/m0/s1. The molecule has 3 saturated carbocycles. The van der Waals surface area contributed by atoms with Crippen LogP contribution in [0, 0.1) is 40.4 Å². The van der Waals surface area contributed by atoms with Gasteiger partial charge in [0.2, 0.25) is 0 Å². The van der Waals surface area contributed by atoms with E-state index in [4.69, 9.17) is 4.74 Å². The highest BCUT2D eigenvalue weighted by atomic mass is 16.5. The molecular formula is C23H36O2. The van der Waals surface area contributed by atoms with Gasteiger partial charge in [-0.1, -0.05) is 26.0 Å². The van der Waals surface area contributed by atoms with E-state index in [1.54, 1.807) is 6.92 Å². The fourth-order valence-corrected chi connectivity index (χ4v) is 7.99. The number of carbonyl (C=O) groups is 1. The van der Waals surface area contributed by atoms with Crippen LogP contribution in [0.15, 0.2) is 12.2 Å². The van der Waals surface area contributed by atoms with Crippen molar-refractivity contribution in [2.24, 2.45) is 40.4 Å². The fourth-order valence-electron chi connectivity index (χ4n) is 7.99. The van der Waals surface area contributed by atoms with Gasteiger partial charge in [-0.05, 0) is 92.8 Å². The molecule has 2 heteroatoms. The zero-order valence-corrected chi connectivity index (χ0v) is 16.6. The van der Waals surface area contributed by atoms with Gasteiger partial charge in [0.1, 0.15) is 6.10 Å². The number of ether oxygens (including phenoxy) is 1. The van der Waals surface area contributed by atoms with Crippen LogP contribution in [0.5, 0.6) is 0 Å². The smallest absolute Gasteiger partial charge is 0.302 e. The van der Waals surface area contributed by atoms with Crippen molar-refractivity contribution < 1.29 is 9.53 Å². The minimum absolute atomic E-state index is 0.0774. The molecule has 4 aliphatic rings. The lowest BCUT2D eigenvalue weighted by Gasteiger charge is -2.60. The van der Waals surface area contributed by atoms with Crippen LogP contribution in [0.25, 0.3) is 0 Å². The second-order valence-electron chi connectivity index (χ2n) is 10.1. The average Bonchev–Trinajstić information content (AvgIpc) is 2.91. The third kappa shape index (κ3) is 2.61. The summed E-state index contributed by atoms with van der Waals surface area (Å²) in [5.41, 5.74) is 0.919.